The molecule has 0 aromatic heterocycles. The van der Waals surface area contributed by atoms with E-state index in [4.69, 9.17) is 10.5 Å². The molecule has 1 heterocycles. The van der Waals surface area contributed by atoms with Crippen molar-refractivity contribution >= 4 is 11.6 Å². The molecule has 0 radical (unpaired) electrons. The van der Waals surface area contributed by atoms with Gasteiger partial charge in [0.25, 0.3) is 0 Å². The fourth-order valence-corrected chi connectivity index (χ4v) is 2.61. The summed E-state index contributed by atoms with van der Waals surface area (Å²) in [5.41, 5.74) is 7.21. The minimum Gasteiger partial charge on any atom is -0.383 e. The van der Waals surface area contributed by atoms with Crippen LogP contribution in [0.3, 0.4) is 0 Å². The summed E-state index contributed by atoms with van der Waals surface area (Å²) in [6, 6.07) is 4.75. The molecule has 0 aliphatic carbocycles. The lowest BCUT2D eigenvalue weighted by atomic mass is 10.1. The summed E-state index contributed by atoms with van der Waals surface area (Å²) in [5, 5.41) is 3.22. The van der Waals surface area contributed by atoms with E-state index in [0.29, 0.717) is 26.2 Å². The van der Waals surface area contributed by atoms with Gasteiger partial charge in [0.15, 0.2) is 0 Å². The van der Waals surface area contributed by atoms with E-state index in [1.54, 1.807) is 13.2 Å². The van der Waals surface area contributed by atoms with E-state index in [-0.39, 0.29) is 17.6 Å². The van der Waals surface area contributed by atoms with Crippen molar-refractivity contribution in [1.82, 2.24) is 5.32 Å². The van der Waals surface area contributed by atoms with Gasteiger partial charge in [0.2, 0.25) is 5.91 Å². The maximum Gasteiger partial charge on any atom is 0.222 e. The van der Waals surface area contributed by atoms with E-state index < -0.39 is 0 Å². The van der Waals surface area contributed by atoms with Gasteiger partial charge >= 0.3 is 0 Å². The molecule has 1 aliphatic heterocycles. The molecular formula is C15H22FN3O2. The highest BCUT2D eigenvalue weighted by atomic mass is 19.1. The largest absolute Gasteiger partial charge is 0.383 e. The fraction of sp³-hybridized carbons (Fsp3) is 0.533. The van der Waals surface area contributed by atoms with Crippen LogP contribution >= 0.6 is 0 Å². The summed E-state index contributed by atoms with van der Waals surface area (Å²) < 4.78 is 18.4. The zero-order valence-electron chi connectivity index (χ0n) is 12.3. The van der Waals surface area contributed by atoms with Gasteiger partial charge in [-0.2, -0.15) is 0 Å². The number of benzene rings is 1. The maximum atomic E-state index is 13.5. The van der Waals surface area contributed by atoms with Crippen molar-refractivity contribution in [2.45, 2.75) is 13.0 Å². The highest BCUT2D eigenvalue weighted by molar-refractivity contribution is 5.78. The summed E-state index contributed by atoms with van der Waals surface area (Å²) in [4.78, 5) is 13.4. The first-order chi connectivity index (χ1) is 10.1. The normalized spacial score (nSPS) is 18.2. The molecule has 1 atom stereocenters. The van der Waals surface area contributed by atoms with Crippen molar-refractivity contribution in [3.8, 4) is 0 Å². The molecule has 1 unspecified atom stereocenters. The first-order valence-electron chi connectivity index (χ1n) is 7.14. The van der Waals surface area contributed by atoms with E-state index >= 15 is 0 Å². The number of methoxy groups -OCH3 is 1. The van der Waals surface area contributed by atoms with Crippen LogP contribution in [0.2, 0.25) is 0 Å². The van der Waals surface area contributed by atoms with Crippen LogP contribution in [-0.4, -0.2) is 39.3 Å². The first kappa shape index (κ1) is 15.7. The highest BCUT2D eigenvalue weighted by Crippen LogP contribution is 2.27. The lowest BCUT2D eigenvalue weighted by Gasteiger charge is -2.22. The number of anilines is 1. The molecule has 6 heteroatoms. The van der Waals surface area contributed by atoms with E-state index in [1.807, 2.05) is 0 Å². The molecule has 1 aliphatic rings. The maximum absolute atomic E-state index is 13.5. The number of carbonyl (C=O) groups is 1. The predicted molar refractivity (Wildman–Crippen MR) is 79.5 cm³/mol. The Labute approximate surface area is 124 Å². The quantitative estimate of drug-likeness (QED) is 0.733. The van der Waals surface area contributed by atoms with Gasteiger partial charge in [-0.1, -0.05) is 0 Å². The molecule has 1 aromatic rings. The molecule has 1 amide bonds. The molecule has 21 heavy (non-hydrogen) atoms. The second-order valence-corrected chi connectivity index (χ2v) is 5.28. The SMILES string of the molecule is COCCNCc1cc(F)ccc1N1CCC(C(N)=O)C1. The van der Waals surface area contributed by atoms with E-state index in [9.17, 15) is 9.18 Å². The molecule has 0 bridgehead atoms. The van der Waals surface area contributed by atoms with Crippen molar-refractivity contribution in [2.75, 3.05) is 38.3 Å². The number of nitrogens with zero attached hydrogens (tertiary/aromatic N) is 1. The topological polar surface area (TPSA) is 67.6 Å². The van der Waals surface area contributed by atoms with Crippen LogP contribution in [0.25, 0.3) is 0 Å². The summed E-state index contributed by atoms with van der Waals surface area (Å²) in [5.74, 6) is -0.642. The van der Waals surface area contributed by atoms with Crippen LogP contribution in [0.5, 0.6) is 0 Å². The number of hydrogen-bond donors (Lipinski definition) is 2. The second-order valence-electron chi connectivity index (χ2n) is 5.28. The number of nitrogens with one attached hydrogen (secondary N) is 1. The average molecular weight is 295 g/mol. The molecule has 3 N–H and O–H groups in total. The summed E-state index contributed by atoms with van der Waals surface area (Å²) >= 11 is 0. The van der Waals surface area contributed by atoms with Gasteiger partial charge in [-0.3, -0.25) is 4.79 Å². The Morgan fingerprint density at radius 3 is 3.05 bits per heavy atom. The van der Waals surface area contributed by atoms with Crippen molar-refractivity contribution in [3.05, 3.63) is 29.6 Å². The third-order valence-corrected chi connectivity index (χ3v) is 3.77. The Kier molecular flexibility index (Phi) is 5.52. The Hall–Kier alpha value is -1.66. The van der Waals surface area contributed by atoms with E-state index in [0.717, 1.165) is 24.2 Å². The lowest BCUT2D eigenvalue weighted by Crippen LogP contribution is -2.28. The molecule has 2 rings (SSSR count). The third-order valence-electron chi connectivity index (χ3n) is 3.77. The number of rotatable bonds is 7. The molecule has 1 aromatic carbocycles. The van der Waals surface area contributed by atoms with Gasteiger partial charge in [0.1, 0.15) is 5.82 Å². The Morgan fingerprint density at radius 2 is 2.38 bits per heavy atom. The molecular weight excluding hydrogens is 273 g/mol. The fourth-order valence-electron chi connectivity index (χ4n) is 2.61. The summed E-state index contributed by atoms with van der Waals surface area (Å²) in [7, 11) is 1.64. The number of halogens is 1. The van der Waals surface area contributed by atoms with E-state index in [2.05, 4.69) is 10.2 Å². The van der Waals surface area contributed by atoms with Gasteiger partial charge < -0.3 is 20.7 Å². The van der Waals surface area contributed by atoms with Crippen LogP contribution in [0, 0.1) is 11.7 Å². The molecule has 1 fully saturated rings. The van der Waals surface area contributed by atoms with Gasteiger partial charge in [-0.25, -0.2) is 4.39 Å². The van der Waals surface area contributed by atoms with Crippen LogP contribution in [0.4, 0.5) is 10.1 Å². The Bertz CT molecular complexity index is 496. The minimum atomic E-state index is -0.264. The van der Waals surface area contributed by atoms with Gasteiger partial charge in [0, 0.05) is 39.0 Å². The predicted octanol–water partition coefficient (Wildman–Crippen LogP) is 0.873. The van der Waals surface area contributed by atoms with Crippen molar-refractivity contribution in [3.63, 3.8) is 0 Å². The number of hydrogen-bond acceptors (Lipinski definition) is 4. The number of nitrogens with two attached hydrogens (primary N) is 1. The summed E-state index contributed by atoms with van der Waals surface area (Å²) in [6.07, 6.45) is 0.753. The van der Waals surface area contributed by atoms with Crippen LogP contribution in [0.15, 0.2) is 18.2 Å². The number of ether oxygens (including phenoxy) is 1. The molecule has 1 saturated heterocycles. The zero-order valence-corrected chi connectivity index (χ0v) is 12.3. The smallest absolute Gasteiger partial charge is 0.222 e. The third kappa shape index (κ3) is 4.15. The first-order valence-corrected chi connectivity index (χ1v) is 7.14. The number of amides is 1. The Balaban J connectivity index is 2.06. The monoisotopic (exact) mass is 295 g/mol. The second kappa shape index (κ2) is 7.38. The average Bonchev–Trinajstić information content (AvgIpc) is 2.93. The van der Waals surface area contributed by atoms with Gasteiger partial charge in [0.05, 0.1) is 12.5 Å². The van der Waals surface area contributed by atoms with Crippen LogP contribution < -0.4 is 16.0 Å². The Morgan fingerprint density at radius 1 is 1.57 bits per heavy atom. The van der Waals surface area contributed by atoms with Gasteiger partial charge in [-0.15, -0.1) is 0 Å². The zero-order chi connectivity index (χ0) is 15.2. The molecule has 0 saturated carbocycles. The van der Waals surface area contributed by atoms with Crippen molar-refractivity contribution < 1.29 is 13.9 Å². The summed E-state index contributed by atoms with van der Waals surface area (Å²) in [6.45, 7) is 3.25. The molecule has 5 nitrogen and oxygen atoms in total. The van der Waals surface area contributed by atoms with Crippen molar-refractivity contribution in [2.24, 2.45) is 11.7 Å². The van der Waals surface area contributed by atoms with Crippen LogP contribution in [0.1, 0.15) is 12.0 Å². The number of primary amides is 1. The molecule has 0 spiro atoms. The van der Waals surface area contributed by atoms with E-state index in [1.165, 1.54) is 12.1 Å². The van der Waals surface area contributed by atoms with Crippen molar-refractivity contribution in [1.29, 1.82) is 0 Å². The number of carbonyl (C=O) groups excluding carboxylic acids is 1. The minimum absolute atomic E-state index is 0.121. The lowest BCUT2D eigenvalue weighted by molar-refractivity contribution is -0.121. The molecule has 116 valence electrons. The highest BCUT2D eigenvalue weighted by Gasteiger charge is 2.27. The van der Waals surface area contributed by atoms with Crippen LogP contribution in [-0.2, 0) is 16.1 Å². The standard InChI is InChI=1S/C15H22FN3O2/c1-21-7-5-18-9-12-8-13(16)2-3-14(12)19-6-4-11(10-19)15(17)20/h2-3,8,11,18H,4-7,9-10H2,1H3,(H2,17,20). The van der Waals surface area contributed by atoms with Gasteiger partial charge in [-0.05, 0) is 30.2 Å².